The van der Waals surface area contributed by atoms with Crippen LogP contribution in [0.3, 0.4) is 0 Å². The summed E-state index contributed by atoms with van der Waals surface area (Å²) in [6.07, 6.45) is 0.839. The first-order valence-corrected chi connectivity index (χ1v) is 6.28. The number of methoxy groups -OCH3 is 1. The van der Waals surface area contributed by atoms with Crippen LogP contribution in [0.2, 0.25) is 0 Å². The zero-order valence-corrected chi connectivity index (χ0v) is 10.6. The second kappa shape index (κ2) is 6.15. The van der Waals surface area contributed by atoms with Gasteiger partial charge in [-0.15, -0.1) is 0 Å². The molecule has 2 rings (SSSR count). The number of carbonyl (C=O) groups excluding carboxylic acids is 2. The number of nitrogens with zero attached hydrogens (tertiary/aromatic N) is 1. The van der Waals surface area contributed by atoms with Crippen LogP contribution in [0.25, 0.3) is 0 Å². The molecule has 6 nitrogen and oxygen atoms in total. The summed E-state index contributed by atoms with van der Waals surface area (Å²) in [6.45, 7) is 2.51. The van der Waals surface area contributed by atoms with Gasteiger partial charge >= 0.3 is 5.97 Å². The van der Waals surface area contributed by atoms with Crippen molar-refractivity contribution in [1.82, 2.24) is 4.90 Å². The molecule has 2 heterocycles. The molecule has 0 aromatic carbocycles. The Kier molecular flexibility index (Phi) is 4.54. The summed E-state index contributed by atoms with van der Waals surface area (Å²) in [6, 6.07) is 0. The van der Waals surface area contributed by atoms with Crippen molar-refractivity contribution in [3.63, 3.8) is 0 Å². The Hall–Kier alpha value is -1.14. The van der Waals surface area contributed by atoms with Crippen molar-refractivity contribution in [2.45, 2.75) is 18.9 Å². The number of esters is 1. The first-order chi connectivity index (χ1) is 8.72. The quantitative estimate of drug-likeness (QED) is 0.642. The van der Waals surface area contributed by atoms with Gasteiger partial charge in [0.25, 0.3) is 5.91 Å². The van der Waals surface area contributed by atoms with E-state index in [1.165, 1.54) is 7.11 Å². The highest BCUT2D eigenvalue weighted by Gasteiger charge is 2.32. The Balaban J connectivity index is 1.81. The fourth-order valence-electron chi connectivity index (χ4n) is 2.34. The van der Waals surface area contributed by atoms with Gasteiger partial charge in [0.1, 0.15) is 0 Å². The van der Waals surface area contributed by atoms with E-state index in [1.807, 2.05) is 0 Å². The van der Waals surface area contributed by atoms with Crippen LogP contribution in [0.15, 0.2) is 0 Å². The number of carbonyl (C=O) groups is 2. The molecule has 0 radical (unpaired) electrons. The Bertz CT molecular complexity index is 306. The van der Waals surface area contributed by atoms with E-state index in [0.29, 0.717) is 45.8 Å². The maximum atomic E-state index is 12.1. The summed E-state index contributed by atoms with van der Waals surface area (Å²) in [7, 11) is 1.40. The number of amides is 1. The van der Waals surface area contributed by atoms with Crippen LogP contribution in [0.4, 0.5) is 0 Å². The third kappa shape index (κ3) is 3.00. The lowest BCUT2D eigenvalue weighted by molar-refractivity contribution is -0.161. The molecular formula is C12H19NO5. The van der Waals surface area contributed by atoms with Crippen molar-refractivity contribution < 1.29 is 23.8 Å². The maximum Gasteiger partial charge on any atom is 0.308 e. The standard InChI is InChI=1S/C12H19NO5/c1-16-12(15)9-2-4-13(5-3-9)11(14)10-8-17-6-7-18-10/h9-10H,2-8H2,1H3. The Morgan fingerprint density at radius 2 is 1.94 bits per heavy atom. The van der Waals surface area contributed by atoms with Gasteiger partial charge in [0.15, 0.2) is 6.10 Å². The van der Waals surface area contributed by atoms with E-state index < -0.39 is 6.10 Å². The van der Waals surface area contributed by atoms with Crippen molar-refractivity contribution in [1.29, 1.82) is 0 Å². The molecule has 1 amide bonds. The predicted molar refractivity (Wildman–Crippen MR) is 61.9 cm³/mol. The van der Waals surface area contributed by atoms with E-state index in [9.17, 15) is 9.59 Å². The van der Waals surface area contributed by atoms with Crippen LogP contribution < -0.4 is 0 Å². The number of hydrogen-bond acceptors (Lipinski definition) is 5. The second-order valence-corrected chi connectivity index (χ2v) is 4.56. The predicted octanol–water partition coefficient (Wildman–Crippen LogP) is -0.187. The van der Waals surface area contributed by atoms with Gasteiger partial charge in [0, 0.05) is 13.1 Å². The molecule has 0 spiro atoms. The minimum atomic E-state index is -0.478. The third-order valence-corrected chi connectivity index (χ3v) is 3.43. The fraction of sp³-hybridized carbons (Fsp3) is 0.833. The Labute approximate surface area is 106 Å². The van der Waals surface area contributed by atoms with Crippen LogP contribution in [-0.4, -0.2) is 62.9 Å². The topological polar surface area (TPSA) is 65.1 Å². The molecule has 0 saturated carbocycles. The molecule has 0 bridgehead atoms. The molecule has 0 aromatic rings. The normalized spacial score (nSPS) is 25.8. The highest BCUT2D eigenvalue weighted by molar-refractivity contribution is 5.81. The minimum Gasteiger partial charge on any atom is -0.469 e. The van der Waals surface area contributed by atoms with Crippen LogP contribution in [0.5, 0.6) is 0 Å². The third-order valence-electron chi connectivity index (χ3n) is 3.43. The number of piperidine rings is 1. The van der Waals surface area contributed by atoms with Crippen molar-refractivity contribution in [2.75, 3.05) is 40.0 Å². The molecule has 2 aliphatic heterocycles. The Morgan fingerprint density at radius 1 is 1.22 bits per heavy atom. The smallest absolute Gasteiger partial charge is 0.308 e. The SMILES string of the molecule is COC(=O)C1CCN(C(=O)C2COCCO2)CC1. The molecule has 0 aliphatic carbocycles. The van der Waals surface area contributed by atoms with Crippen LogP contribution in [-0.2, 0) is 23.8 Å². The number of ether oxygens (including phenoxy) is 3. The molecule has 0 aromatic heterocycles. The molecular weight excluding hydrogens is 238 g/mol. The molecule has 2 aliphatic rings. The molecule has 6 heteroatoms. The lowest BCUT2D eigenvalue weighted by atomic mass is 9.96. The van der Waals surface area contributed by atoms with E-state index in [1.54, 1.807) is 4.90 Å². The van der Waals surface area contributed by atoms with Crippen molar-refractivity contribution in [3.8, 4) is 0 Å². The first kappa shape index (κ1) is 13.3. The minimum absolute atomic E-state index is 0.0296. The second-order valence-electron chi connectivity index (χ2n) is 4.56. The molecule has 0 N–H and O–H groups in total. The summed E-state index contributed by atoms with van der Waals surface area (Å²) < 4.78 is 15.3. The van der Waals surface area contributed by atoms with E-state index in [0.717, 1.165) is 0 Å². The van der Waals surface area contributed by atoms with Gasteiger partial charge in [-0.2, -0.15) is 0 Å². The summed E-state index contributed by atoms with van der Waals surface area (Å²) in [5, 5.41) is 0. The summed E-state index contributed by atoms with van der Waals surface area (Å²) >= 11 is 0. The zero-order chi connectivity index (χ0) is 13.0. The van der Waals surface area contributed by atoms with Crippen LogP contribution in [0, 0.1) is 5.92 Å². The van der Waals surface area contributed by atoms with Crippen molar-refractivity contribution in [3.05, 3.63) is 0 Å². The van der Waals surface area contributed by atoms with E-state index in [4.69, 9.17) is 14.2 Å². The highest BCUT2D eigenvalue weighted by Crippen LogP contribution is 2.19. The molecule has 1 unspecified atom stereocenters. The summed E-state index contributed by atoms with van der Waals surface area (Å²) in [5.74, 6) is -0.292. The molecule has 2 saturated heterocycles. The van der Waals surface area contributed by atoms with Crippen molar-refractivity contribution >= 4 is 11.9 Å². The fourth-order valence-corrected chi connectivity index (χ4v) is 2.34. The lowest BCUT2D eigenvalue weighted by Gasteiger charge is -2.34. The summed E-state index contributed by atoms with van der Waals surface area (Å²) in [5.41, 5.74) is 0. The lowest BCUT2D eigenvalue weighted by Crippen LogP contribution is -2.48. The monoisotopic (exact) mass is 257 g/mol. The number of rotatable bonds is 2. The van der Waals surface area contributed by atoms with E-state index >= 15 is 0 Å². The molecule has 18 heavy (non-hydrogen) atoms. The van der Waals surface area contributed by atoms with Gasteiger partial charge in [-0.05, 0) is 12.8 Å². The van der Waals surface area contributed by atoms with Gasteiger partial charge in [0.2, 0.25) is 0 Å². The maximum absolute atomic E-state index is 12.1. The van der Waals surface area contributed by atoms with Gasteiger partial charge in [-0.25, -0.2) is 0 Å². The van der Waals surface area contributed by atoms with Crippen LogP contribution in [0.1, 0.15) is 12.8 Å². The average Bonchev–Trinajstić information content (AvgIpc) is 2.47. The Morgan fingerprint density at radius 3 is 2.50 bits per heavy atom. The molecule has 102 valence electrons. The molecule has 2 fully saturated rings. The number of hydrogen-bond donors (Lipinski definition) is 0. The van der Waals surface area contributed by atoms with E-state index in [-0.39, 0.29) is 17.8 Å². The first-order valence-electron chi connectivity index (χ1n) is 6.28. The average molecular weight is 257 g/mol. The van der Waals surface area contributed by atoms with Gasteiger partial charge in [0.05, 0.1) is 32.8 Å². The van der Waals surface area contributed by atoms with Gasteiger partial charge < -0.3 is 19.1 Å². The largest absolute Gasteiger partial charge is 0.469 e. The molecule has 1 atom stereocenters. The van der Waals surface area contributed by atoms with Gasteiger partial charge in [-0.1, -0.05) is 0 Å². The van der Waals surface area contributed by atoms with Gasteiger partial charge in [-0.3, -0.25) is 9.59 Å². The highest BCUT2D eigenvalue weighted by atomic mass is 16.6. The summed E-state index contributed by atoms with van der Waals surface area (Å²) in [4.78, 5) is 25.2. The van der Waals surface area contributed by atoms with Crippen molar-refractivity contribution in [2.24, 2.45) is 5.92 Å². The number of likely N-dealkylation sites (tertiary alicyclic amines) is 1. The van der Waals surface area contributed by atoms with E-state index in [2.05, 4.69) is 0 Å². The van der Waals surface area contributed by atoms with Crippen LogP contribution >= 0.6 is 0 Å². The zero-order valence-electron chi connectivity index (χ0n) is 10.6.